The number of piperazine rings is 1. The van der Waals surface area contributed by atoms with Crippen LogP contribution in [-0.4, -0.2) is 91.3 Å². The zero-order chi connectivity index (χ0) is 26.2. The molecule has 0 aliphatic carbocycles. The normalized spacial score (nSPS) is 24.9. The van der Waals surface area contributed by atoms with E-state index in [-0.39, 0.29) is 48.0 Å². The van der Waals surface area contributed by atoms with Gasteiger partial charge in [-0.15, -0.1) is 24.8 Å². The third-order valence-corrected chi connectivity index (χ3v) is 8.08. The number of morpholine rings is 1. The van der Waals surface area contributed by atoms with Crippen LogP contribution in [0.1, 0.15) is 44.5 Å². The minimum Gasteiger partial charge on any atom is -0.379 e. The zero-order valence-electron chi connectivity index (χ0n) is 23.4. The van der Waals surface area contributed by atoms with Crippen LogP contribution in [0.5, 0.6) is 0 Å². The zero-order valence-corrected chi connectivity index (χ0v) is 25.0. The molecule has 10 heteroatoms. The number of fused-ring (bicyclic) bond motifs is 1. The Kier molecular flexibility index (Phi) is 10.8. The Bertz CT molecular complexity index is 1140. The van der Waals surface area contributed by atoms with Crippen molar-refractivity contribution in [3.8, 4) is 0 Å². The first-order valence-corrected chi connectivity index (χ1v) is 13.5. The number of hydrogen-bond donors (Lipinski definition) is 1. The van der Waals surface area contributed by atoms with Crippen molar-refractivity contribution in [3.63, 3.8) is 0 Å². The highest BCUT2D eigenvalue weighted by Gasteiger charge is 2.41. The molecular weight excluding hydrogens is 540 g/mol. The van der Waals surface area contributed by atoms with Gasteiger partial charge in [0.15, 0.2) is 0 Å². The average Bonchev–Trinajstić information content (AvgIpc) is 3.14. The van der Waals surface area contributed by atoms with E-state index >= 15 is 0 Å². The lowest BCUT2D eigenvalue weighted by Gasteiger charge is -2.43. The van der Waals surface area contributed by atoms with Crippen molar-refractivity contribution in [1.82, 2.24) is 20.1 Å². The number of nitrogens with one attached hydrogen (secondary N) is 1. The summed E-state index contributed by atoms with van der Waals surface area (Å²) in [6.45, 7) is 14.7. The Morgan fingerprint density at radius 3 is 2.72 bits per heavy atom. The van der Waals surface area contributed by atoms with Crippen LogP contribution in [0.2, 0.25) is 0 Å². The molecule has 1 N–H and O–H groups in total. The Labute approximate surface area is 244 Å². The number of halogens is 3. The molecule has 1 amide bonds. The van der Waals surface area contributed by atoms with Gasteiger partial charge >= 0.3 is 0 Å². The van der Waals surface area contributed by atoms with E-state index in [4.69, 9.17) is 9.72 Å². The van der Waals surface area contributed by atoms with Gasteiger partial charge in [-0.3, -0.25) is 19.6 Å². The van der Waals surface area contributed by atoms with Gasteiger partial charge in [0.2, 0.25) is 5.91 Å². The van der Waals surface area contributed by atoms with Gasteiger partial charge in [0.25, 0.3) is 0 Å². The number of carbonyl (C=O) groups is 1. The number of nitrogens with zero attached hydrogens (tertiary/aromatic N) is 4. The van der Waals surface area contributed by atoms with Gasteiger partial charge in [-0.05, 0) is 37.1 Å². The Morgan fingerprint density at radius 1 is 1.21 bits per heavy atom. The molecule has 1 unspecified atom stereocenters. The quantitative estimate of drug-likeness (QED) is 0.562. The monoisotopic (exact) mass is 581 g/mol. The molecule has 2 fully saturated rings. The molecule has 0 radical (unpaired) electrons. The summed E-state index contributed by atoms with van der Waals surface area (Å²) in [7, 11) is 0. The van der Waals surface area contributed by atoms with E-state index in [9.17, 15) is 9.18 Å². The molecule has 3 aliphatic rings. The molecular formula is C29H42Cl2FN5O2. The smallest absolute Gasteiger partial charge is 0.241 e. The van der Waals surface area contributed by atoms with Crippen LogP contribution < -0.4 is 10.2 Å². The molecule has 39 heavy (non-hydrogen) atoms. The molecule has 1 aromatic heterocycles. The highest BCUT2D eigenvalue weighted by molar-refractivity contribution is 5.97. The van der Waals surface area contributed by atoms with Crippen molar-refractivity contribution >= 4 is 36.4 Å². The predicted molar refractivity (Wildman–Crippen MR) is 158 cm³/mol. The van der Waals surface area contributed by atoms with Crippen molar-refractivity contribution in [3.05, 3.63) is 59.2 Å². The molecule has 2 aromatic rings. The molecule has 0 spiro atoms. The van der Waals surface area contributed by atoms with Crippen LogP contribution in [-0.2, 0) is 21.4 Å². The van der Waals surface area contributed by atoms with E-state index in [2.05, 4.69) is 42.8 Å². The molecule has 3 atom stereocenters. The first kappa shape index (κ1) is 31.7. The number of carbonyl (C=O) groups excluding carboxylic acids is 1. The highest BCUT2D eigenvalue weighted by Crippen LogP contribution is 2.40. The van der Waals surface area contributed by atoms with E-state index in [1.807, 2.05) is 23.2 Å². The van der Waals surface area contributed by atoms with E-state index in [1.165, 1.54) is 6.07 Å². The second-order valence-corrected chi connectivity index (χ2v) is 11.7. The molecule has 4 heterocycles. The third kappa shape index (κ3) is 7.10. The SMILES string of the molecule is CC1COCCN1C[C@H]1CN[C@H](C)CN1CC(=O)N1CC(C)(C)c2ncc(Cc3ccccc3F)cc21.Cl.Cl. The summed E-state index contributed by atoms with van der Waals surface area (Å²) in [6.07, 6.45) is 2.28. The van der Waals surface area contributed by atoms with Gasteiger partial charge < -0.3 is 15.0 Å². The number of hydrogen-bond acceptors (Lipinski definition) is 6. The number of anilines is 1. The summed E-state index contributed by atoms with van der Waals surface area (Å²) >= 11 is 0. The van der Waals surface area contributed by atoms with Crippen molar-refractivity contribution in [1.29, 1.82) is 0 Å². The number of aromatic nitrogens is 1. The summed E-state index contributed by atoms with van der Waals surface area (Å²) in [5, 5.41) is 3.61. The van der Waals surface area contributed by atoms with Gasteiger partial charge in [-0.1, -0.05) is 32.0 Å². The fourth-order valence-electron chi connectivity index (χ4n) is 5.93. The van der Waals surface area contributed by atoms with Crippen molar-refractivity contribution in [2.45, 2.75) is 57.7 Å². The van der Waals surface area contributed by atoms with Crippen LogP contribution in [0.4, 0.5) is 10.1 Å². The molecule has 3 aliphatic heterocycles. The lowest BCUT2D eigenvalue weighted by Crippen LogP contribution is -2.62. The predicted octanol–water partition coefficient (Wildman–Crippen LogP) is 3.66. The van der Waals surface area contributed by atoms with Crippen LogP contribution >= 0.6 is 24.8 Å². The molecule has 0 saturated carbocycles. The summed E-state index contributed by atoms with van der Waals surface area (Å²) < 4.78 is 19.9. The van der Waals surface area contributed by atoms with E-state index in [0.29, 0.717) is 37.2 Å². The maximum atomic E-state index is 14.3. The van der Waals surface area contributed by atoms with Crippen LogP contribution in [0.15, 0.2) is 36.5 Å². The largest absolute Gasteiger partial charge is 0.379 e. The second kappa shape index (κ2) is 13.2. The van der Waals surface area contributed by atoms with Crippen LogP contribution in [0.25, 0.3) is 0 Å². The lowest BCUT2D eigenvalue weighted by molar-refractivity contribution is -0.121. The number of pyridine rings is 1. The summed E-state index contributed by atoms with van der Waals surface area (Å²) in [5.41, 5.74) is 3.11. The maximum Gasteiger partial charge on any atom is 0.241 e. The van der Waals surface area contributed by atoms with Crippen molar-refractivity contribution in [2.75, 3.05) is 57.4 Å². The fraction of sp³-hybridized carbons (Fsp3) is 0.586. The average molecular weight is 583 g/mol. The number of ether oxygens (including phenoxy) is 1. The first-order chi connectivity index (χ1) is 17.7. The fourth-order valence-corrected chi connectivity index (χ4v) is 5.93. The molecule has 1 aromatic carbocycles. The van der Waals surface area contributed by atoms with Gasteiger partial charge in [-0.2, -0.15) is 0 Å². The van der Waals surface area contributed by atoms with E-state index in [1.54, 1.807) is 12.1 Å². The standard InChI is InChI=1S/C29H40FN5O2.2ClH/c1-20-15-34(24(14-31-20)16-33-9-10-37-18-21(33)2)17-27(36)35-19-29(3,4)28-26(35)12-22(13-32-28)11-23-7-5-6-8-25(23)30;;/h5-8,12-13,20-21,24,31H,9-11,14-19H2,1-4H3;2*1H/t20-,21?,24-;;/m1../s1. The second-order valence-electron chi connectivity index (χ2n) is 11.7. The molecule has 2 saturated heterocycles. The maximum absolute atomic E-state index is 14.3. The Balaban J connectivity index is 0.00000210. The van der Waals surface area contributed by atoms with E-state index < -0.39 is 0 Å². The van der Waals surface area contributed by atoms with Gasteiger partial charge in [0.05, 0.1) is 31.1 Å². The molecule has 5 rings (SSSR count). The lowest BCUT2D eigenvalue weighted by atomic mass is 9.91. The summed E-state index contributed by atoms with van der Waals surface area (Å²) in [6, 6.07) is 9.86. The van der Waals surface area contributed by atoms with Crippen molar-refractivity contribution in [2.24, 2.45) is 0 Å². The number of amides is 1. The van der Waals surface area contributed by atoms with Crippen molar-refractivity contribution < 1.29 is 13.9 Å². The van der Waals surface area contributed by atoms with E-state index in [0.717, 1.165) is 56.3 Å². The number of rotatable bonds is 6. The molecule has 7 nitrogen and oxygen atoms in total. The first-order valence-electron chi connectivity index (χ1n) is 13.5. The third-order valence-electron chi connectivity index (χ3n) is 8.08. The van der Waals surface area contributed by atoms with Crippen LogP contribution in [0, 0.1) is 5.82 Å². The Morgan fingerprint density at radius 2 is 1.97 bits per heavy atom. The van der Waals surface area contributed by atoms with Gasteiger partial charge in [-0.25, -0.2) is 4.39 Å². The number of benzene rings is 1. The summed E-state index contributed by atoms with van der Waals surface area (Å²) in [5.74, 6) is -0.115. The molecule has 216 valence electrons. The topological polar surface area (TPSA) is 60.9 Å². The van der Waals surface area contributed by atoms with Crippen LogP contribution in [0.3, 0.4) is 0 Å². The van der Waals surface area contributed by atoms with Gasteiger partial charge in [0, 0.05) is 68.9 Å². The van der Waals surface area contributed by atoms with Gasteiger partial charge in [0.1, 0.15) is 5.82 Å². The highest BCUT2D eigenvalue weighted by atomic mass is 35.5. The molecule has 0 bridgehead atoms. The minimum absolute atomic E-state index is 0. The minimum atomic E-state index is -0.235. The summed E-state index contributed by atoms with van der Waals surface area (Å²) in [4.78, 5) is 25.4. The Hall–Kier alpha value is -1.81.